The van der Waals surface area contributed by atoms with E-state index in [2.05, 4.69) is 20.9 Å². The molecule has 0 aliphatic rings. The number of ether oxygens (including phenoxy) is 1. The molecule has 0 bridgehead atoms. The minimum atomic E-state index is 0.650. The Hall–Kier alpha value is -1.81. The second-order valence-corrected chi connectivity index (χ2v) is 4.85. The molecule has 0 aliphatic heterocycles. The Morgan fingerprint density at radius 3 is 2.74 bits per heavy atom. The van der Waals surface area contributed by atoms with Gasteiger partial charge in [0.15, 0.2) is 0 Å². The highest BCUT2D eigenvalue weighted by atomic mass is 79.9. The predicted octanol–water partition coefficient (Wildman–Crippen LogP) is 4.33. The lowest BCUT2D eigenvalue weighted by molar-refractivity contribution is 0.458. The molecular formula is C15H13BrN2O. The van der Waals surface area contributed by atoms with Gasteiger partial charge in [-0.1, -0.05) is 40.2 Å². The fraction of sp³-hybridized carbons (Fsp3) is 0.133. The number of hydrogen-bond acceptors (Lipinski definition) is 2. The molecule has 0 fully saturated rings. The first kappa shape index (κ1) is 12.2. The van der Waals surface area contributed by atoms with Crippen molar-refractivity contribution in [2.45, 2.75) is 12.3 Å². The second-order valence-electron chi connectivity index (χ2n) is 4.29. The molecule has 2 heterocycles. The van der Waals surface area contributed by atoms with E-state index in [1.807, 2.05) is 60.0 Å². The van der Waals surface area contributed by atoms with Crippen LogP contribution in [0.2, 0.25) is 0 Å². The number of benzene rings is 1. The number of para-hydroxylation sites is 1. The van der Waals surface area contributed by atoms with E-state index in [1.165, 1.54) is 0 Å². The first-order chi connectivity index (χ1) is 9.29. The van der Waals surface area contributed by atoms with Crippen LogP contribution in [-0.2, 0) is 5.33 Å². The monoisotopic (exact) mass is 316 g/mol. The van der Waals surface area contributed by atoms with Crippen LogP contribution < -0.4 is 4.74 Å². The van der Waals surface area contributed by atoms with Gasteiger partial charge in [-0.25, -0.2) is 0 Å². The summed E-state index contributed by atoms with van der Waals surface area (Å²) in [5, 5.41) is 0.694. The summed E-state index contributed by atoms with van der Waals surface area (Å²) in [5.41, 5.74) is 3.00. The third kappa shape index (κ3) is 2.24. The molecular weight excluding hydrogens is 304 g/mol. The molecule has 0 saturated carbocycles. The van der Waals surface area contributed by atoms with Crippen molar-refractivity contribution in [1.29, 1.82) is 0 Å². The van der Waals surface area contributed by atoms with E-state index < -0.39 is 0 Å². The van der Waals surface area contributed by atoms with Gasteiger partial charge in [0.1, 0.15) is 11.4 Å². The van der Waals surface area contributed by atoms with E-state index in [9.17, 15) is 0 Å². The Morgan fingerprint density at radius 1 is 1.16 bits per heavy atom. The number of fused-ring (bicyclic) bond motifs is 1. The number of halogens is 1. The van der Waals surface area contributed by atoms with Crippen LogP contribution in [0.4, 0.5) is 0 Å². The summed E-state index contributed by atoms with van der Waals surface area (Å²) >= 11 is 3.50. The third-order valence-electron chi connectivity index (χ3n) is 3.02. The SMILES string of the molecule is Cc1ccccc1Oc1nc2ccccn2c1CBr. The summed E-state index contributed by atoms with van der Waals surface area (Å²) in [4.78, 5) is 4.53. The number of alkyl halides is 1. The average molecular weight is 317 g/mol. The number of imidazole rings is 1. The molecule has 0 saturated heterocycles. The number of aryl methyl sites for hydroxylation is 1. The van der Waals surface area contributed by atoms with Gasteiger partial charge in [0, 0.05) is 11.5 Å². The van der Waals surface area contributed by atoms with Crippen LogP contribution in [-0.4, -0.2) is 9.38 Å². The zero-order chi connectivity index (χ0) is 13.2. The van der Waals surface area contributed by atoms with E-state index >= 15 is 0 Å². The standard InChI is InChI=1S/C15H13BrN2O/c1-11-6-2-3-7-13(11)19-15-12(10-16)18-9-5-4-8-14(18)17-15/h2-9H,10H2,1H3. The quantitative estimate of drug-likeness (QED) is 0.672. The van der Waals surface area contributed by atoms with Crippen molar-refractivity contribution in [1.82, 2.24) is 9.38 Å². The highest BCUT2D eigenvalue weighted by Gasteiger charge is 2.13. The fourth-order valence-electron chi connectivity index (χ4n) is 2.00. The van der Waals surface area contributed by atoms with E-state index in [0.717, 1.165) is 22.7 Å². The number of pyridine rings is 1. The molecule has 1 aromatic carbocycles. The minimum absolute atomic E-state index is 0.650. The van der Waals surface area contributed by atoms with Crippen molar-refractivity contribution >= 4 is 21.6 Å². The van der Waals surface area contributed by atoms with Gasteiger partial charge in [-0.05, 0) is 30.7 Å². The number of rotatable bonds is 3. The molecule has 0 atom stereocenters. The van der Waals surface area contributed by atoms with Crippen LogP contribution >= 0.6 is 15.9 Å². The van der Waals surface area contributed by atoms with Crippen LogP contribution in [0.3, 0.4) is 0 Å². The van der Waals surface area contributed by atoms with E-state index in [-0.39, 0.29) is 0 Å². The van der Waals surface area contributed by atoms with Gasteiger partial charge < -0.3 is 4.74 Å². The smallest absolute Gasteiger partial charge is 0.242 e. The van der Waals surface area contributed by atoms with Crippen LogP contribution in [0, 0.1) is 6.92 Å². The molecule has 19 heavy (non-hydrogen) atoms. The second kappa shape index (κ2) is 5.05. The van der Waals surface area contributed by atoms with Gasteiger partial charge in [-0.15, -0.1) is 0 Å². The lowest BCUT2D eigenvalue weighted by Crippen LogP contribution is -1.92. The summed E-state index contributed by atoms with van der Waals surface area (Å²) in [7, 11) is 0. The van der Waals surface area contributed by atoms with Crippen LogP contribution in [0.5, 0.6) is 11.6 Å². The maximum atomic E-state index is 5.95. The molecule has 0 aliphatic carbocycles. The minimum Gasteiger partial charge on any atom is -0.437 e. The number of nitrogens with zero attached hydrogens (tertiary/aromatic N) is 2. The van der Waals surface area contributed by atoms with Gasteiger partial charge in [-0.2, -0.15) is 4.98 Å². The fourth-order valence-corrected chi connectivity index (χ4v) is 2.51. The van der Waals surface area contributed by atoms with Crippen molar-refractivity contribution in [3.63, 3.8) is 0 Å². The van der Waals surface area contributed by atoms with Crippen molar-refractivity contribution in [3.05, 3.63) is 59.9 Å². The number of aromatic nitrogens is 2. The maximum absolute atomic E-state index is 5.95. The summed E-state index contributed by atoms with van der Waals surface area (Å²) in [5.74, 6) is 1.49. The first-order valence-corrected chi connectivity index (χ1v) is 7.17. The maximum Gasteiger partial charge on any atom is 0.242 e. The van der Waals surface area contributed by atoms with Crippen molar-refractivity contribution in [2.24, 2.45) is 0 Å². The topological polar surface area (TPSA) is 26.5 Å². The van der Waals surface area contributed by atoms with Crippen molar-refractivity contribution in [3.8, 4) is 11.6 Å². The van der Waals surface area contributed by atoms with Crippen LogP contribution in [0.15, 0.2) is 48.7 Å². The van der Waals surface area contributed by atoms with Gasteiger partial charge in [-0.3, -0.25) is 4.40 Å². The van der Waals surface area contributed by atoms with Gasteiger partial charge in [0.25, 0.3) is 0 Å². The van der Waals surface area contributed by atoms with Gasteiger partial charge in [0.05, 0.1) is 5.69 Å². The third-order valence-corrected chi connectivity index (χ3v) is 3.55. The molecule has 3 nitrogen and oxygen atoms in total. The Labute approximate surface area is 120 Å². The molecule has 0 radical (unpaired) electrons. The summed E-state index contributed by atoms with van der Waals surface area (Å²) in [6.45, 7) is 2.03. The average Bonchev–Trinajstić information content (AvgIpc) is 2.78. The molecule has 4 heteroatoms. The summed E-state index contributed by atoms with van der Waals surface area (Å²) in [6, 6.07) is 13.9. The molecule has 3 aromatic rings. The Balaban J connectivity index is 2.08. The Morgan fingerprint density at radius 2 is 1.95 bits per heavy atom. The highest BCUT2D eigenvalue weighted by molar-refractivity contribution is 9.08. The lowest BCUT2D eigenvalue weighted by Gasteiger charge is -2.06. The normalized spacial score (nSPS) is 10.8. The summed E-state index contributed by atoms with van der Waals surface area (Å²) < 4.78 is 7.98. The molecule has 2 aromatic heterocycles. The molecule has 3 rings (SSSR count). The molecule has 0 amide bonds. The largest absolute Gasteiger partial charge is 0.437 e. The molecule has 0 spiro atoms. The molecule has 0 unspecified atom stereocenters. The van der Waals surface area contributed by atoms with Crippen LogP contribution in [0.25, 0.3) is 5.65 Å². The summed E-state index contributed by atoms with van der Waals surface area (Å²) in [6.07, 6.45) is 1.99. The van der Waals surface area contributed by atoms with E-state index in [0.29, 0.717) is 11.2 Å². The zero-order valence-corrected chi connectivity index (χ0v) is 12.1. The lowest BCUT2D eigenvalue weighted by atomic mass is 10.2. The Kier molecular flexibility index (Phi) is 3.25. The zero-order valence-electron chi connectivity index (χ0n) is 10.5. The van der Waals surface area contributed by atoms with E-state index in [1.54, 1.807) is 0 Å². The molecule has 0 N–H and O–H groups in total. The molecule has 96 valence electrons. The van der Waals surface area contributed by atoms with Gasteiger partial charge >= 0.3 is 0 Å². The van der Waals surface area contributed by atoms with Gasteiger partial charge in [0.2, 0.25) is 5.88 Å². The number of hydrogen-bond donors (Lipinski definition) is 0. The van der Waals surface area contributed by atoms with Crippen molar-refractivity contribution in [2.75, 3.05) is 0 Å². The van der Waals surface area contributed by atoms with Crippen molar-refractivity contribution < 1.29 is 4.74 Å². The Bertz CT molecular complexity index is 721. The predicted molar refractivity (Wildman–Crippen MR) is 79.1 cm³/mol. The van der Waals surface area contributed by atoms with Crippen LogP contribution in [0.1, 0.15) is 11.3 Å². The highest BCUT2D eigenvalue weighted by Crippen LogP contribution is 2.29. The first-order valence-electron chi connectivity index (χ1n) is 6.05. The van der Waals surface area contributed by atoms with E-state index in [4.69, 9.17) is 4.74 Å².